The van der Waals surface area contributed by atoms with Gasteiger partial charge >= 0.3 is 0 Å². The van der Waals surface area contributed by atoms with Crippen molar-refractivity contribution >= 4 is 0 Å². The lowest BCUT2D eigenvalue weighted by molar-refractivity contribution is -0.0869. The normalized spacial score (nSPS) is 22.4. The van der Waals surface area contributed by atoms with E-state index in [2.05, 4.69) is 5.32 Å². The van der Waals surface area contributed by atoms with Gasteiger partial charge in [0.25, 0.3) is 0 Å². The molecule has 0 bridgehead atoms. The molecule has 2 unspecified atom stereocenters. The van der Waals surface area contributed by atoms with Gasteiger partial charge in [0, 0.05) is 12.6 Å². The van der Waals surface area contributed by atoms with Crippen LogP contribution < -0.4 is 5.32 Å². The van der Waals surface area contributed by atoms with Crippen molar-refractivity contribution in [1.82, 2.24) is 5.32 Å². The fourth-order valence-corrected chi connectivity index (χ4v) is 1.86. The highest BCUT2D eigenvalue weighted by Gasteiger charge is 2.15. The molecule has 1 N–H and O–H groups in total. The van der Waals surface area contributed by atoms with E-state index in [9.17, 15) is 4.39 Å². The summed E-state index contributed by atoms with van der Waals surface area (Å²) in [5.41, 5.74) is 0.946. The van der Waals surface area contributed by atoms with Gasteiger partial charge in [-0.25, -0.2) is 4.39 Å². The molecule has 0 radical (unpaired) electrons. The van der Waals surface area contributed by atoms with Crippen molar-refractivity contribution in [3.8, 4) is 0 Å². The highest BCUT2D eigenvalue weighted by molar-refractivity contribution is 5.19. The predicted octanol–water partition coefficient (Wildman–Crippen LogP) is 1.89. The van der Waals surface area contributed by atoms with Gasteiger partial charge < -0.3 is 14.8 Å². The van der Waals surface area contributed by atoms with Crippen LogP contribution in [0.15, 0.2) is 24.3 Å². The van der Waals surface area contributed by atoms with Crippen LogP contribution in [0, 0.1) is 5.82 Å². The topological polar surface area (TPSA) is 30.5 Å². The third kappa shape index (κ3) is 3.77. The van der Waals surface area contributed by atoms with Crippen molar-refractivity contribution < 1.29 is 13.9 Å². The van der Waals surface area contributed by atoms with Crippen molar-refractivity contribution in [2.45, 2.75) is 19.1 Å². The first-order valence-corrected chi connectivity index (χ1v) is 5.94. The van der Waals surface area contributed by atoms with Crippen LogP contribution in [0.3, 0.4) is 0 Å². The van der Waals surface area contributed by atoms with Crippen molar-refractivity contribution in [2.24, 2.45) is 0 Å². The average Bonchev–Trinajstić information content (AvgIpc) is 2.37. The second kappa shape index (κ2) is 6.10. The van der Waals surface area contributed by atoms with Crippen LogP contribution in [0.1, 0.15) is 18.5 Å². The first-order chi connectivity index (χ1) is 8.25. The standard InChI is InChI=1S/C13H18FNO2/c1-10(11-3-2-4-12(14)7-11)15-8-13-9-16-5-6-17-13/h2-4,7,10,13,15H,5-6,8-9H2,1H3. The van der Waals surface area contributed by atoms with Crippen LogP contribution in [0.2, 0.25) is 0 Å². The van der Waals surface area contributed by atoms with E-state index in [1.165, 1.54) is 6.07 Å². The molecule has 94 valence electrons. The van der Waals surface area contributed by atoms with Gasteiger partial charge in [0.2, 0.25) is 0 Å². The van der Waals surface area contributed by atoms with E-state index < -0.39 is 0 Å². The van der Waals surface area contributed by atoms with Crippen LogP contribution >= 0.6 is 0 Å². The molecule has 0 saturated carbocycles. The number of nitrogens with one attached hydrogen (secondary N) is 1. The van der Waals surface area contributed by atoms with Crippen LogP contribution in [0.4, 0.5) is 4.39 Å². The number of benzene rings is 1. The van der Waals surface area contributed by atoms with Crippen LogP contribution in [-0.2, 0) is 9.47 Å². The number of hydrogen-bond donors (Lipinski definition) is 1. The number of ether oxygens (including phenoxy) is 2. The zero-order chi connectivity index (χ0) is 12.1. The number of rotatable bonds is 4. The van der Waals surface area contributed by atoms with E-state index in [-0.39, 0.29) is 18.0 Å². The maximum absolute atomic E-state index is 13.0. The van der Waals surface area contributed by atoms with Crippen molar-refractivity contribution in [3.05, 3.63) is 35.6 Å². The van der Waals surface area contributed by atoms with Crippen molar-refractivity contribution in [2.75, 3.05) is 26.4 Å². The maximum Gasteiger partial charge on any atom is 0.123 e. The Bertz CT molecular complexity index is 353. The summed E-state index contributed by atoms with van der Waals surface area (Å²) in [4.78, 5) is 0. The molecule has 1 aliphatic heterocycles. The molecule has 1 heterocycles. The SMILES string of the molecule is CC(NCC1COCCO1)c1cccc(F)c1. The smallest absolute Gasteiger partial charge is 0.123 e. The van der Waals surface area contributed by atoms with Gasteiger partial charge in [-0.3, -0.25) is 0 Å². The molecule has 1 saturated heterocycles. The molecule has 2 atom stereocenters. The molecule has 3 nitrogen and oxygen atoms in total. The van der Waals surface area contributed by atoms with Gasteiger partial charge in [0.1, 0.15) is 5.82 Å². The minimum absolute atomic E-state index is 0.0970. The first kappa shape index (κ1) is 12.5. The fourth-order valence-electron chi connectivity index (χ4n) is 1.86. The van der Waals surface area contributed by atoms with Gasteiger partial charge in [0.05, 0.1) is 25.9 Å². The quantitative estimate of drug-likeness (QED) is 0.870. The highest BCUT2D eigenvalue weighted by atomic mass is 19.1. The van der Waals surface area contributed by atoms with E-state index in [0.717, 1.165) is 12.1 Å². The summed E-state index contributed by atoms with van der Waals surface area (Å²) in [6.07, 6.45) is 0.0970. The molecule has 4 heteroatoms. The Morgan fingerprint density at radius 1 is 1.47 bits per heavy atom. The molecule has 1 aromatic carbocycles. The number of hydrogen-bond acceptors (Lipinski definition) is 3. The summed E-state index contributed by atoms with van der Waals surface area (Å²) in [5, 5.41) is 3.32. The molecule has 1 aromatic rings. The fraction of sp³-hybridized carbons (Fsp3) is 0.538. The van der Waals surface area contributed by atoms with Gasteiger partial charge in [-0.05, 0) is 24.6 Å². The van der Waals surface area contributed by atoms with Crippen LogP contribution in [0.25, 0.3) is 0 Å². The van der Waals surface area contributed by atoms with Crippen LogP contribution in [0.5, 0.6) is 0 Å². The van der Waals surface area contributed by atoms with Gasteiger partial charge in [0.15, 0.2) is 0 Å². The molecule has 0 amide bonds. The zero-order valence-electron chi connectivity index (χ0n) is 9.99. The molecule has 2 rings (SSSR count). The Balaban J connectivity index is 1.82. The maximum atomic E-state index is 13.0. The molecule has 0 aromatic heterocycles. The lowest BCUT2D eigenvalue weighted by Crippen LogP contribution is -2.38. The van der Waals surface area contributed by atoms with E-state index in [1.807, 2.05) is 13.0 Å². The van der Waals surface area contributed by atoms with Crippen LogP contribution in [-0.4, -0.2) is 32.5 Å². The second-order valence-corrected chi connectivity index (χ2v) is 4.25. The Hall–Kier alpha value is -0.970. The lowest BCUT2D eigenvalue weighted by Gasteiger charge is -2.25. The van der Waals surface area contributed by atoms with Gasteiger partial charge in [-0.15, -0.1) is 0 Å². The third-order valence-corrected chi connectivity index (χ3v) is 2.89. The monoisotopic (exact) mass is 239 g/mol. The molecule has 1 aliphatic rings. The Morgan fingerprint density at radius 3 is 3.06 bits per heavy atom. The molecule has 0 spiro atoms. The largest absolute Gasteiger partial charge is 0.376 e. The zero-order valence-corrected chi connectivity index (χ0v) is 9.99. The minimum Gasteiger partial charge on any atom is -0.376 e. The van der Waals surface area contributed by atoms with E-state index in [4.69, 9.17) is 9.47 Å². The molecule has 0 aliphatic carbocycles. The Kier molecular flexibility index (Phi) is 4.48. The summed E-state index contributed by atoms with van der Waals surface area (Å²) in [6.45, 7) is 4.69. The van der Waals surface area contributed by atoms with E-state index in [0.29, 0.717) is 19.8 Å². The van der Waals surface area contributed by atoms with Crippen molar-refractivity contribution in [1.29, 1.82) is 0 Å². The second-order valence-electron chi connectivity index (χ2n) is 4.25. The Labute approximate surface area is 101 Å². The third-order valence-electron chi connectivity index (χ3n) is 2.89. The Morgan fingerprint density at radius 2 is 2.35 bits per heavy atom. The summed E-state index contributed by atoms with van der Waals surface area (Å²) in [7, 11) is 0. The average molecular weight is 239 g/mol. The minimum atomic E-state index is -0.201. The summed E-state index contributed by atoms with van der Waals surface area (Å²) in [6, 6.07) is 6.75. The van der Waals surface area contributed by atoms with E-state index in [1.54, 1.807) is 12.1 Å². The van der Waals surface area contributed by atoms with E-state index >= 15 is 0 Å². The van der Waals surface area contributed by atoms with Crippen molar-refractivity contribution in [3.63, 3.8) is 0 Å². The summed E-state index contributed by atoms with van der Waals surface area (Å²) < 4.78 is 23.9. The molecular weight excluding hydrogens is 221 g/mol. The first-order valence-electron chi connectivity index (χ1n) is 5.94. The lowest BCUT2D eigenvalue weighted by atomic mass is 10.1. The van der Waals surface area contributed by atoms with Gasteiger partial charge in [-0.2, -0.15) is 0 Å². The summed E-state index contributed by atoms with van der Waals surface area (Å²) >= 11 is 0. The highest BCUT2D eigenvalue weighted by Crippen LogP contribution is 2.13. The molecular formula is C13H18FNO2. The predicted molar refractivity (Wildman–Crippen MR) is 63.4 cm³/mol. The van der Waals surface area contributed by atoms with Gasteiger partial charge in [-0.1, -0.05) is 12.1 Å². The summed E-state index contributed by atoms with van der Waals surface area (Å²) in [5.74, 6) is -0.201. The molecule has 1 fully saturated rings. The molecule has 17 heavy (non-hydrogen) atoms. The number of halogens is 1.